The molecule has 1 amide bonds. The topological polar surface area (TPSA) is 77.4 Å². The molecule has 1 fully saturated rings. The van der Waals surface area contributed by atoms with Crippen LogP contribution >= 0.6 is 0 Å². The maximum Gasteiger partial charge on any atom is 0.255 e. The standard InChI is InChI=1S/C19H24N4O3/c1-3-26-18-7-6-14(11-21-18)19(24)23-10-4-5-15(12-23)16-8-9-20-17(22-16)13-25-2/h6-9,11,15H,3-5,10,12-13H2,1-2H3. The SMILES string of the molecule is CCOc1ccc(C(=O)N2CCCC(c3ccnc(COC)n3)C2)cn1. The zero-order chi connectivity index (χ0) is 18.4. The van der Waals surface area contributed by atoms with Gasteiger partial charge in [0.2, 0.25) is 5.88 Å². The Labute approximate surface area is 153 Å². The van der Waals surface area contributed by atoms with E-state index in [1.54, 1.807) is 31.6 Å². The number of ether oxygens (including phenoxy) is 2. The maximum atomic E-state index is 12.8. The van der Waals surface area contributed by atoms with Crippen LogP contribution in [0.5, 0.6) is 5.88 Å². The van der Waals surface area contributed by atoms with Gasteiger partial charge in [0.25, 0.3) is 5.91 Å². The van der Waals surface area contributed by atoms with Gasteiger partial charge in [-0.3, -0.25) is 4.79 Å². The molecule has 1 atom stereocenters. The third kappa shape index (κ3) is 4.35. The summed E-state index contributed by atoms with van der Waals surface area (Å²) in [4.78, 5) is 27.7. The summed E-state index contributed by atoms with van der Waals surface area (Å²) in [5, 5.41) is 0. The summed E-state index contributed by atoms with van der Waals surface area (Å²) in [5.74, 6) is 1.41. The zero-order valence-corrected chi connectivity index (χ0v) is 15.2. The molecule has 1 unspecified atom stereocenters. The van der Waals surface area contributed by atoms with E-state index in [-0.39, 0.29) is 11.8 Å². The van der Waals surface area contributed by atoms with Gasteiger partial charge >= 0.3 is 0 Å². The van der Waals surface area contributed by atoms with Gasteiger partial charge in [-0.2, -0.15) is 0 Å². The van der Waals surface area contributed by atoms with Gasteiger partial charge in [-0.05, 0) is 31.9 Å². The Kier molecular flexibility index (Phi) is 6.12. The van der Waals surface area contributed by atoms with E-state index in [0.717, 1.165) is 25.1 Å². The van der Waals surface area contributed by atoms with Crippen molar-refractivity contribution in [3.05, 3.63) is 47.7 Å². The molecule has 1 aliphatic heterocycles. The Morgan fingerprint density at radius 3 is 2.92 bits per heavy atom. The van der Waals surface area contributed by atoms with Crippen molar-refractivity contribution in [2.45, 2.75) is 32.3 Å². The number of rotatable bonds is 6. The minimum atomic E-state index is -0.00332. The quantitative estimate of drug-likeness (QED) is 0.791. The van der Waals surface area contributed by atoms with Crippen molar-refractivity contribution in [2.75, 3.05) is 26.8 Å². The van der Waals surface area contributed by atoms with Crippen LogP contribution in [0, 0.1) is 0 Å². The summed E-state index contributed by atoms with van der Waals surface area (Å²) in [7, 11) is 1.63. The Balaban J connectivity index is 1.69. The molecular weight excluding hydrogens is 332 g/mol. The molecular formula is C19H24N4O3. The van der Waals surface area contributed by atoms with E-state index in [4.69, 9.17) is 9.47 Å². The molecule has 2 aromatic rings. The number of carbonyl (C=O) groups is 1. The van der Waals surface area contributed by atoms with Crippen LogP contribution in [0.25, 0.3) is 0 Å². The summed E-state index contributed by atoms with van der Waals surface area (Å²) in [6.07, 6.45) is 5.30. The van der Waals surface area contributed by atoms with Crippen molar-refractivity contribution in [1.82, 2.24) is 19.9 Å². The lowest BCUT2D eigenvalue weighted by Gasteiger charge is -2.32. The van der Waals surface area contributed by atoms with Crippen molar-refractivity contribution in [3.63, 3.8) is 0 Å². The highest BCUT2D eigenvalue weighted by molar-refractivity contribution is 5.94. The lowest BCUT2D eigenvalue weighted by atomic mass is 9.94. The molecule has 1 saturated heterocycles. The summed E-state index contributed by atoms with van der Waals surface area (Å²) in [6.45, 7) is 4.24. The van der Waals surface area contributed by atoms with E-state index in [1.807, 2.05) is 17.9 Å². The van der Waals surface area contributed by atoms with Crippen LogP contribution in [0.4, 0.5) is 0 Å². The Morgan fingerprint density at radius 1 is 1.31 bits per heavy atom. The summed E-state index contributed by atoms with van der Waals surface area (Å²) >= 11 is 0. The largest absolute Gasteiger partial charge is 0.478 e. The molecule has 7 nitrogen and oxygen atoms in total. The van der Waals surface area contributed by atoms with E-state index in [1.165, 1.54) is 0 Å². The van der Waals surface area contributed by atoms with Gasteiger partial charge in [-0.15, -0.1) is 0 Å². The van der Waals surface area contributed by atoms with Crippen LogP contribution in [0.15, 0.2) is 30.6 Å². The average Bonchev–Trinajstić information content (AvgIpc) is 2.69. The number of aromatic nitrogens is 3. The van der Waals surface area contributed by atoms with Gasteiger partial charge in [0.05, 0.1) is 12.2 Å². The first-order valence-corrected chi connectivity index (χ1v) is 8.90. The first kappa shape index (κ1) is 18.3. The third-order valence-electron chi connectivity index (χ3n) is 4.40. The van der Waals surface area contributed by atoms with Crippen LogP contribution in [-0.2, 0) is 11.3 Å². The number of amides is 1. The van der Waals surface area contributed by atoms with E-state index in [2.05, 4.69) is 15.0 Å². The minimum Gasteiger partial charge on any atom is -0.478 e. The van der Waals surface area contributed by atoms with Crippen LogP contribution in [0.2, 0.25) is 0 Å². The number of piperidine rings is 1. The van der Waals surface area contributed by atoms with Crippen molar-refractivity contribution in [1.29, 1.82) is 0 Å². The van der Waals surface area contributed by atoms with Crippen LogP contribution in [0.3, 0.4) is 0 Å². The molecule has 1 aliphatic rings. The van der Waals surface area contributed by atoms with Crippen molar-refractivity contribution < 1.29 is 14.3 Å². The summed E-state index contributed by atoms with van der Waals surface area (Å²) < 4.78 is 10.4. The van der Waals surface area contributed by atoms with E-state index in [9.17, 15) is 4.79 Å². The summed E-state index contributed by atoms with van der Waals surface area (Å²) in [6, 6.07) is 5.43. The molecule has 2 aromatic heterocycles. The number of likely N-dealkylation sites (tertiary alicyclic amines) is 1. The fourth-order valence-corrected chi connectivity index (χ4v) is 3.17. The monoisotopic (exact) mass is 356 g/mol. The molecule has 0 spiro atoms. The number of pyridine rings is 1. The number of hydrogen-bond donors (Lipinski definition) is 0. The summed E-state index contributed by atoms with van der Waals surface area (Å²) in [5.41, 5.74) is 1.55. The molecule has 3 heterocycles. The third-order valence-corrected chi connectivity index (χ3v) is 4.40. The second kappa shape index (κ2) is 8.71. The Morgan fingerprint density at radius 2 is 2.19 bits per heavy atom. The normalized spacial score (nSPS) is 17.2. The van der Waals surface area contributed by atoms with Crippen molar-refractivity contribution in [2.24, 2.45) is 0 Å². The van der Waals surface area contributed by atoms with Gasteiger partial charge in [-0.25, -0.2) is 15.0 Å². The molecule has 3 rings (SSSR count). The smallest absolute Gasteiger partial charge is 0.255 e. The molecule has 0 aromatic carbocycles. The fourth-order valence-electron chi connectivity index (χ4n) is 3.17. The molecule has 0 aliphatic carbocycles. The highest BCUT2D eigenvalue weighted by Crippen LogP contribution is 2.26. The number of hydrogen-bond acceptors (Lipinski definition) is 6. The van der Waals surface area contributed by atoms with E-state index in [0.29, 0.717) is 37.0 Å². The average molecular weight is 356 g/mol. The van der Waals surface area contributed by atoms with Gasteiger partial charge in [-0.1, -0.05) is 0 Å². The first-order chi connectivity index (χ1) is 12.7. The lowest BCUT2D eigenvalue weighted by molar-refractivity contribution is 0.0705. The second-order valence-corrected chi connectivity index (χ2v) is 6.24. The van der Waals surface area contributed by atoms with Crippen LogP contribution < -0.4 is 4.74 Å². The lowest BCUT2D eigenvalue weighted by Crippen LogP contribution is -2.39. The predicted octanol–water partition coefficient (Wildman–Crippen LogP) is 2.44. The molecule has 0 saturated carbocycles. The highest BCUT2D eigenvalue weighted by Gasteiger charge is 2.26. The van der Waals surface area contributed by atoms with Crippen molar-refractivity contribution in [3.8, 4) is 5.88 Å². The maximum absolute atomic E-state index is 12.8. The predicted molar refractivity (Wildman–Crippen MR) is 96.0 cm³/mol. The van der Waals surface area contributed by atoms with E-state index >= 15 is 0 Å². The second-order valence-electron chi connectivity index (χ2n) is 6.24. The van der Waals surface area contributed by atoms with E-state index < -0.39 is 0 Å². The molecule has 0 N–H and O–H groups in total. The van der Waals surface area contributed by atoms with Gasteiger partial charge in [0.15, 0.2) is 5.82 Å². The Bertz CT molecular complexity index is 736. The number of methoxy groups -OCH3 is 1. The van der Waals surface area contributed by atoms with Gasteiger partial charge in [0.1, 0.15) is 6.61 Å². The zero-order valence-electron chi connectivity index (χ0n) is 15.2. The first-order valence-electron chi connectivity index (χ1n) is 8.90. The number of nitrogens with zero attached hydrogens (tertiary/aromatic N) is 4. The molecule has 138 valence electrons. The molecule has 7 heteroatoms. The fraction of sp³-hybridized carbons (Fsp3) is 0.474. The van der Waals surface area contributed by atoms with Gasteiger partial charge < -0.3 is 14.4 Å². The Hall–Kier alpha value is -2.54. The minimum absolute atomic E-state index is 0.00332. The molecule has 26 heavy (non-hydrogen) atoms. The van der Waals surface area contributed by atoms with Gasteiger partial charge in [0, 0.05) is 50.3 Å². The highest BCUT2D eigenvalue weighted by atomic mass is 16.5. The number of carbonyl (C=O) groups excluding carboxylic acids is 1. The van der Waals surface area contributed by atoms with Crippen molar-refractivity contribution >= 4 is 5.91 Å². The van der Waals surface area contributed by atoms with Crippen LogP contribution in [0.1, 0.15) is 47.6 Å². The molecule has 0 bridgehead atoms. The molecule has 0 radical (unpaired) electrons. The van der Waals surface area contributed by atoms with Crippen LogP contribution in [-0.4, -0.2) is 52.6 Å².